The SMILES string of the molecule is C=CCOC(=O)NC(CCCCNC(=O)OC(C)(C)C)C(C#N)O[Si](C)(C)C(C)(C)C. The van der Waals surface area contributed by atoms with Gasteiger partial charge in [0.15, 0.2) is 14.4 Å². The average molecular weight is 456 g/mol. The molecule has 0 aromatic carbocycles. The summed E-state index contributed by atoms with van der Waals surface area (Å²) < 4.78 is 16.5. The highest BCUT2D eigenvalue weighted by Gasteiger charge is 2.41. The second-order valence-electron chi connectivity index (χ2n) is 9.99. The number of carbonyl (C=O) groups is 2. The maximum absolute atomic E-state index is 12.1. The fourth-order valence-corrected chi connectivity index (χ4v) is 3.52. The normalized spacial score (nSPS) is 14.0. The number of nitriles is 1. The molecule has 2 amide bonds. The van der Waals surface area contributed by atoms with E-state index < -0.39 is 38.3 Å². The van der Waals surface area contributed by atoms with Crippen LogP contribution in [0.15, 0.2) is 12.7 Å². The molecule has 0 aromatic heterocycles. The van der Waals surface area contributed by atoms with E-state index in [9.17, 15) is 14.9 Å². The van der Waals surface area contributed by atoms with Crippen molar-refractivity contribution < 1.29 is 23.5 Å². The Kier molecular flexibility index (Phi) is 11.9. The van der Waals surface area contributed by atoms with Crippen LogP contribution in [0.3, 0.4) is 0 Å². The van der Waals surface area contributed by atoms with Gasteiger partial charge in [0.25, 0.3) is 0 Å². The van der Waals surface area contributed by atoms with Crippen molar-refractivity contribution in [1.29, 1.82) is 5.26 Å². The Morgan fingerprint density at radius 1 is 1.13 bits per heavy atom. The van der Waals surface area contributed by atoms with Gasteiger partial charge in [-0.15, -0.1) is 0 Å². The summed E-state index contributed by atoms with van der Waals surface area (Å²) in [6.07, 6.45) is 1.44. The molecule has 0 fully saturated rings. The van der Waals surface area contributed by atoms with Gasteiger partial charge in [-0.05, 0) is 58.2 Å². The maximum atomic E-state index is 12.1. The van der Waals surface area contributed by atoms with Gasteiger partial charge in [0.1, 0.15) is 12.2 Å². The molecule has 0 rings (SSSR count). The highest BCUT2D eigenvalue weighted by Crippen LogP contribution is 2.37. The molecule has 0 saturated carbocycles. The van der Waals surface area contributed by atoms with Gasteiger partial charge < -0.3 is 24.5 Å². The van der Waals surface area contributed by atoms with Crippen molar-refractivity contribution in [3.8, 4) is 6.07 Å². The minimum atomic E-state index is -2.22. The first-order chi connectivity index (χ1) is 14.1. The summed E-state index contributed by atoms with van der Waals surface area (Å²) >= 11 is 0. The largest absolute Gasteiger partial charge is 0.445 e. The fourth-order valence-electron chi connectivity index (χ4n) is 2.31. The number of alkyl carbamates (subject to hydrolysis) is 2. The predicted octanol–water partition coefficient (Wildman–Crippen LogP) is 4.88. The molecule has 178 valence electrons. The third-order valence-electron chi connectivity index (χ3n) is 4.97. The smallest absolute Gasteiger partial charge is 0.407 e. The van der Waals surface area contributed by atoms with Crippen LogP contribution in [0.5, 0.6) is 0 Å². The second-order valence-corrected chi connectivity index (χ2v) is 14.7. The number of ether oxygens (including phenoxy) is 2. The molecule has 31 heavy (non-hydrogen) atoms. The van der Waals surface area contributed by atoms with Crippen molar-refractivity contribution in [2.24, 2.45) is 0 Å². The molecular weight excluding hydrogens is 414 g/mol. The van der Waals surface area contributed by atoms with E-state index in [4.69, 9.17) is 13.9 Å². The second kappa shape index (κ2) is 12.7. The Morgan fingerprint density at radius 3 is 2.23 bits per heavy atom. The first-order valence-electron chi connectivity index (χ1n) is 10.7. The minimum absolute atomic E-state index is 0.0761. The third-order valence-corrected chi connectivity index (χ3v) is 9.42. The number of hydrogen-bond donors (Lipinski definition) is 2. The van der Waals surface area contributed by atoms with E-state index >= 15 is 0 Å². The molecule has 0 aromatic rings. The first-order valence-corrected chi connectivity index (χ1v) is 13.6. The van der Waals surface area contributed by atoms with Gasteiger partial charge >= 0.3 is 12.2 Å². The number of amides is 2. The van der Waals surface area contributed by atoms with E-state index in [1.807, 2.05) is 0 Å². The van der Waals surface area contributed by atoms with E-state index in [0.29, 0.717) is 25.8 Å². The van der Waals surface area contributed by atoms with E-state index in [1.54, 1.807) is 20.8 Å². The third kappa shape index (κ3) is 12.4. The molecule has 0 aliphatic rings. The van der Waals surface area contributed by atoms with Crippen LogP contribution in [-0.4, -0.2) is 51.4 Å². The first kappa shape index (κ1) is 28.9. The van der Waals surface area contributed by atoms with Crippen molar-refractivity contribution >= 4 is 20.5 Å². The monoisotopic (exact) mass is 455 g/mol. The zero-order valence-corrected chi connectivity index (χ0v) is 21.5. The van der Waals surface area contributed by atoms with Crippen LogP contribution >= 0.6 is 0 Å². The van der Waals surface area contributed by atoms with Gasteiger partial charge in [0, 0.05) is 6.54 Å². The lowest BCUT2D eigenvalue weighted by Gasteiger charge is -2.39. The molecule has 2 unspecified atom stereocenters. The van der Waals surface area contributed by atoms with Crippen molar-refractivity contribution in [3.63, 3.8) is 0 Å². The van der Waals surface area contributed by atoms with Crippen LogP contribution in [0.2, 0.25) is 18.1 Å². The lowest BCUT2D eigenvalue weighted by atomic mass is 10.0. The van der Waals surface area contributed by atoms with E-state index in [0.717, 1.165) is 0 Å². The summed E-state index contributed by atoms with van der Waals surface area (Å²) in [5, 5.41) is 15.2. The standard InChI is InChI=1S/C22H41N3O5Si/c1-10-15-28-20(27)25-17(18(16-23)30-31(8,9)22(5,6)7)13-11-12-14-24-19(26)29-21(2,3)4/h10,17-18H,1,11-15H2,2-9H3,(H,24,26)(H,25,27). The van der Waals surface area contributed by atoms with Crippen LogP contribution < -0.4 is 10.6 Å². The van der Waals surface area contributed by atoms with Crippen LogP contribution in [0, 0.1) is 11.3 Å². The van der Waals surface area contributed by atoms with Crippen molar-refractivity contribution in [2.75, 3.05) is 13.2 Å². The highest BCUT2D eigenvalue weighted by atomic mass is 28.4. The molecule has 8 nitrogen and oxygen atoms in total. The van der Waals surface area contributed by atoms with Crippen molar-refractivity contribution in [1.82, 2.24) is 10.6 Å². The Morgan fingerprint density at radius 2 is 1.74 bits per heavy atom. The topological polar surface area (TPSA) is 110 Å². The molecule has 2 atom stereocenters. The van der Waals surface area contributed by atoms with Crippen LogP contribution in [0.4, 0.5) is 9.59 Å². The number of nitrogens with zero attached hydrogens (tertiary/aromatic N) is 1. The molecule has 0 radical (unpaired) electrons. The zero-order valence-electron chi connectivity index (χ0n) is 20.5. The highest BCUT2D eigenvalue weighted by molar-refractivity contribution is 6.74. The Labute approximate surface area is 188 Å². The molecule has 0 aliphatic heterocycles. The maximum Gasteiger partial charge on any atom is 0.407 e. The number of rotatable bonds is 11. The summed E-state index contributed by atoms with van der Waals surface area (Å²) in [5.41, 5.74) is -0.550. The molecule has 0 bridgehead atoms. The van der Waals surface area contributed by atoms with E-state index in [2.05, 4.69) is 57.1 Å². The van der Waals surface area contributed by atoms with Gasteiger partial charge in [-0.1, -0.05) is 33.4 Å². The Bertz CT molecular complexity index is 633. The van der Waals surface area contributed by atoms with Crippen LogP contribution in [-0.2, 0) is 13.9 Å². The number of carbonyl (C=O) groups excluding carboxylic acids is 2. The lowest BCUT2D eigenvalue weighted by Crippen LogP contribution is -2.51. The predicted molar refractivity (Wildman–Crippen MR) is 124 cm³/mol. The molecular formula is C22H41N3O5Si. The molecule has 0 heterocycles. The summed E-state index contributed by atoms with van der Waals surface area (Å²) in [4.78, 5) is 23.8. The van der Waals surface area contributed by atoms with Gasteiger partial charge in [0.2, 0.25) is 0 Å². The fraction of sp³-hybridized carbons (Fsp3) is 0.773. The molecule has 0 saturated heterocycles. The van der Waals surface area contributed by atoms with E-state index in [1.165, 1.54) is 6.08 Å². The van der Waals surface area contributed by atoms with Gasteiger partial charge in [-0.25, -0.2) is 9.59 Å². The zero-order chi connectivity index (χ0) is 24.3. The van der Waals surface area contributed by atoms with Gasteiger partial charge in [0.05, 0.1) is 12.1 Å². The van der Waals surface area contributed by atoms with E-state index in [-0.39, 0.29) is 11.6 Å². The van der Waals surface area contributed by atoms with Crippen LogP contribution in [0.1, 0.15) is 60.8 Å². The number of nitrogens with one attached hydrogen (secondary N) is 2. The molecule has 0 aliphatic carbocycles. The summed E-state index contributed by atoms with van der Waals surface area (Å²) in [6.45, 7) is 19.9. The summed E-state index contributed by atoms with van der Waals surface area (Å²) in [7, 11) is -2.22. The summed E-state index contributed by atoms with van der Waals surface area (Å²) in [5.74, 6) is 0. The molecule has 0 spiro atoms. The van der Waals surface area contributed by atoms with Crippen LogP contribution in [0.25, 0.3) is 0 Å². The molecule has 2 N–H and O–H groups in total. The van der Waals surface area contributed by atoms with Gasteiger partial charge in [-0.2, -0.15) is 5.26 Å². The Balaban J connectivity index is 4.97. The minimum Gasteiger partial charge on any atom is -0.445 e. The average Bonchev–Trinajstić information content (AvgIpc) is 2.60. The number of unbranched alkanes of at least 4 members (excludes halogenated alkanes) is 1. The Hall–Kier alpha value is -2.05. The quantitative estimate of drug-likeness (QED) is 0.261. The number of hydrogen-bond acceptors (Lipinski definition) is 6. The summed E-state index contributed by atoms with van der Waals surface area (Å²) in [6, 6.07) is 1.68. The molecule has 9 heteroatoms. The van der Waals surface area contributed by atoms with Crippen molar-refractivity contribution in [2.45, 2.75) is 96.7 Å². The van der Waals surface area contributed by atoms with Gasteiger partial charge in [-0.3, -0.25) is 0 Å². The van der Waals surface area contributed by atoms with Crippen molar-refractivity contribution in [3.05, 3.63) is 12.7 Å². The lowest BCUT2D eigenvalue weighted by molar-refractivity contribution is 0.0526.